The second-order valence-electron chi connectivity index (χ2n) is 11.8. The van der Waals surface area contributed by atoms with E-state index in [2.05, 4.69) is 38.0 Å². The van der Waals surface area contributed by atoms with Gasteiger partial charge in [-0.2, -0.15) is 67.4 Å². The van der Waals surface area contributed by atoms with Crippen LogP contribution in [0, 0.1) is 0 Å². The molecule has 61 heavy (non-hydrogen) atoms. The Kier molecular flexibility index (Phi) is 22.0. The lowest BCUT2D eigenvalue weighted by atomic mass is 10.2. The average Bonchev–Trinajstić information content (AvgIpc) is 3.16. The van der Waals surface area contributed by atoms with E-state index in [-0.39, 0.29) is 84.5 Å². The van der Waals surface area contributed by atoms with Gasteiger partial charge in [0, 0.05) is 43.7 Å². The third-order valence-corrected chi connectivity index (χ3v) is 9.23. The van der Waals surface area contributed by atoms with Gasteiger partial charge in [-0.1, -0.05) is 13.2 Å². The highest BCUT2D eigenvalue weighted by molar-refractivity contribution is 7.99. The zero-order chi connectivity index (χ0) is 46.7. The largest absolute Gasteiger partial charge is 0.461 e. The quantitative estimate of drug-likeness (QED) is 0.0389. The van der Waals surface area contributed by atoms with E-state index >= 15 is 0 Å². The lowest BCUT2D eigenvalue weighted by molar-refractivity contribution is -0.485. The molecule has 1 aromatic heterocycles. The average molecular weight is 942 g/mol. The van der Waals surface area contributed by atoms with E-state index in [1.54, 1.807) is 0 Å². The Morgan fingerprint density at radius 2 is 1.00 bits per heavy atom. The second kappa shape index (κ2) is 24.7. The fourth-order valence-corrected chi connectivity index (χ4v) is 5.59. The molecule has 0 unspecified atom stereocenters. The molecule has 0 saturated heterocycles. The van der Waals surface area contributed by atoms with Gasteiger partial charge in [0.05, 0.1) is 13.1 Å². The standard InChI is InChI=1S/C32H41F10N5O12S2/c1-4-21(48)55-12-8-43-23(50)57-14-18-60-16-6-10-45-25(52)46(11-7-17-61-19-15-58-24(51)44-9-13-56-22(49)5-2)27(54)47(26(45)53)20-29(35,36)31(39,40)59-32(41,42)30(37,38)28(3,33)34/h4-5H,1-2,6-20H2,3H3,(H,43,50)(H,44,51). The number of amides is 2. The maximum atomic E-state index is 14.9. The van der Waals surface area contributed by atoms with Crippen molar-refractivity contribution in [1.29, 1.82) is 0 Å². The first-order valence-electron chi connectivity index (χ1n) is 17.3. The van der Waals surface area contributed by atoms with Crippen molar-refractivity contribution in [3.63, 3.8) is 0 Å². The summed E-state index contributed by atoms with van der Waals surface area (Å²) in [5.41, 5.74) is -5.36. The second-order valence-corrected chi connectivity index (χ2v) is 14.3. The molecule has 0 bridgehead atoms. The third kappa shape index (κ3) is 17.3. The summed E-state index contributed by atoms with van der Waals surface area (Å²) in [7, 11) is 0. The number of hydrogen-bond donors (Lipinski definition) is 2. The van der Waals surface area contributed by atoms with Crippen LogP contribution in [0.1, 0.15) is 19.8 Å². The van der Waals surface area contributed by atoms with Crippen LogP contribution in [0.25, 0.3) is 0 Å². The summed E-state index contributed by atoms with van der Waals surface area (Å²) in [4.78, 5) is 84.8. The molecule has 1 heterocycles. The van der Waals surface area contributed by atoms with E-state index < -0.39 is 102 Å². The molecule has 29 heteroatoms. The highest BCUT2D eigenvalue weighted by Crippen LogP contribution is 2.50. The predicted octanol–water partition coefficient (Wildman–Crippen LogP) is 3.46. The van der Waals surface area contributed by atoms with Crippen LogP contribution in [0.2, 0.25) is 0 Å². The number of halogens is 10. The van der Waals surface area contributed by atoms with Gasteiger partial charge in [-0.05, 0) is 24.3 Å². The molecular formula is C32H41F10N5O12S2. The number of hydrogen-bond acceptors (Lipinski definition) is 14. The molecule has 0 aromatic carbocycles. The molecule has 348 valence electrons. The van der Waals surface area contributed by atoms with Crippen LogP contribution in [0.3, 0.4) is 0 Å². The van der Waals surface area contributed by atoms with Crippen molar-refractivity contribution < 1.29 is 86.8 Å². The first kappa shape index (κ1) is 54.3. The normalized spacial score (nSPS) is 12.3. The lowest BCUT2D eigenvalue weighted by Crippen LogP contribution is -2.61. The minimum Gasteiger partial charge on any atom is -0.461 e. The molecule has 0 saturated carbocycles. The molecule has 0 fully saturated rings. The Morgan fingerprint density at radius 1 is 0.607 bits per heavy atom. The molecule has 2 N–H and O–H groups in total. The molecule has 2 amide bonds. The molecular weight excluding hydrogens is 900 g/mol. The van der Waals surface area contributed by atoms with Crippen molar-refractivity contribution in [2.24, 2.45) is 0 Å². The number of rotatable bonds is 29. The van der Waals surface area contributed by atoms with Gasteiger partial charge in [0.25, 0.3) is 0 Å². The smallest absolute Gasteiger partial charge is 0.430 e. The number of nitrogens with one attached hydrogen (secondary N) is 2. The summed E-state index contributed by atoms with van der Waals surface area (Å²) in [5.74, 6) is -19.8. The molecule has 0 aliphatic rings. The third-order valence-electron chi connectivity index (χ3n) is 7.17. The maximum Gasteiger partial charge on any atom is 0.430 e. The summed E-state index contributed by atoms with van der Waals surface area (Å²) in [6, 6.07) is 0. The Bertz CT molecular complexity index is 1750. The SMILES string of the molecule is C=CC(=O)OCCNC(=O)OCCSCCCn1c(=O)n(CCCSCCOC(=O)NCCOC(=O)C=C)c(=O)n(CC(F)(F)C(F)(F)OC(F)(F)C(F)(F)C(C)(F)F)c1=O. The Labute approximate surface area is 347 Å². The minimum absolute atomic E-state index is 0.0560. The first-order chi connectivity index (χ1) is 28.3. The van der Waals surface area contributed by atoms with Crippen molar-refractivity contribution in [2.45, 2.75) is 69.4 Å². The highest BCUT2D eigenvalue weighted by atomic mass is 32.2. The number of thioether (sulfide) groups is 2. The van der Waals surface area contributed by atoms with Crippen LogP contribution in [0.15, 0.2) is 39.7 Å². The topological polar surface area (TPSA) is 204 Å². The van der Waals surface area contributed by atoms with E-state index in [0.717, 1.165) is 35.7 Å². The number of carbonyl (C=O) groups is 4. The number of ether oxygens (including phenoxy) is 5. The van der Waals surface area contributed by atoms with Crippen molar-refractivity contribution >= 4 is 47.6 Å². The highest BCUT2D eigenvalue weighted by Gasteiger charge is 2.75. The first-order valence-corrected chi connectivity index (χ1v) is 19.7. The summed E-state index contributed by atoms with van der Waals surface area (Å²) in [5, 5.41) is 4.55. The summed E-state index contributed by atoms with van der Waals surface area (Å²) in [6.45, 7) is 0.444. The van der Waals surface area contributed by atoms with Crippen LogP contribution in [-0.4, -0.2) is 130 Å². The zero-order valence-corrected chi connectivity index (χ0v) is 33.6. The van der Waals surface area contributed by atoms with Gasteiger partial charge >= 0.3 is 71.2 Å². The number of carbonyl (C=O) groups excluding carboxylic acids is 4. The molecule has 0 radical (unpaired) electrons. The monoisotopic (exact) mass is 941 g/mol. The van der Waals surface area contributed by atoms with Gasteiger partial charge in [0.1, 0.15) is 33.0 Å². The van der Waals surface area contributed by atoms with Crippen LogP contribution in [-0.2, 0) is 52.9 Å². The van der Waals surface area contributed by atoms with Gasteiger partial charge in [0.2, 0.25) is 0 Å². The number of esters is 2. The van der Waals surface area contributed by atoms with Gasteiger partial charge in [-0.3, -0.25) is 0 Å². The van der Waals surface area contributed by atoms with Crippen LogP contribution in [0.5, 0.6) is 0 Å². The molecule has 17 nitrogen and oxygen atoms in total. The molecule has 0 atom stereocenters. The van der Waals surface area contributed by atoms with E-state index in [4.69, 9.17) is 9.47 Å². The van der Waals surface area contributed by atoms with E-state index in [0.29, 0.717) is 0 Å². The van der Waals surface area contributed by atoms with E-state index in [1.807, 2.05) is 0 Å². The van der Waals surface area contributed by atoms with Crippen molar-refractivity contribution in [1.82, 2.24) is 24.3 Å². The summed E-state index contributed by atoms with van der Waals surface area (Å²) >= 11 is 2.14. The molecule has 1 rings (SSSR count). The molecule has 0 aliphatic carbocycles. The van der Waals surface area contributed by atoms with Crippen LogP contribution in [0.4, 0.5) is 53.5 Å². The van der Waals surface area contributed by atoms with E-state index in [1.165, 1.54) is 0 Å². The number of alkyl carbamates (subject to hydrolysis) is 2. The summed E-state index contributed by atoms with van der Waals surface area (Å²) in [6.07, 6.45) is -13.9. The van der Waals surface area contributed by atoms with E-state index in [9.17, 15) is 77.5 Å². The number of alkyl halides is 10. The predicted molar refractivity (Wildman–Crippen MR) is 196 cm³/mol. The van der Waals surface area contributed by atoms with Crippen molar-refractivity contribution in [2.75, 3.05) is 62.5 Å². The number of nitrogens with zero attached hydrogens (tertiary/aromatic N) is 3. The van der Waals surface area contributed by atoms with Gasteiger partial charge in [-0.15, -0.1) is 0 Å². The zero-order valence-electron chi connectivity index (χ0n) is 32.0. The molecule has 1 aromatic rings. The summed E-state index contributed by atoms with van der Waals surface area (Å²) < 4.78 is 161. The van der Waals surface area contributed by atoms with Gasteiger partial charge in [-0.25, -0.2) is 52.0 Å². The molecule has 0 aliphatic heterocycles. The van der Waals surface area contributed by atoms with Gasteiger partial charge in [0.15, 0.2) is 0 Å². The van der Waals surface area contributed by atoms with Crippen molar-refractivity contribution in [3.8, 4) is 0 Å². The van der Waals surface area contributed by atoms with Crippen LogP contribution < -0.4 is 27.7 Å². The fourth-order valence-electron chi connectivity index (χ4n) is 4.12. The lowest BCUT2D eigenvalue weighted by Gasteiger charge is -2.34. The number of aromatic nitrogens is 3. The van der Waals surface area contributed by atoms with Crippen LogP contribution >= 0.6 is 23.5 Å². The van der Waals surface area contributed by atoms with Crippen molar-refractivity contribution in [3.05, 3.63) is 56.8 Å². The Morgan fingerprint density at radius 3 is 1.38 bits per heavy atom. The maximum absolute atomic E-state index is 14.9. The van der Waals surface area contributed by atoms with Gasteiger partial charge < -0.3 is 29.6 Å². The molecule has 0 spiro atoms. The minimum atomic E-state index is -6.93. The Balaban J connectivity index is 3.10. The Hall–Kier alpha value is -4.67. The fraction of sp³-hybridized carbons (Fsp3) is 0.656.